The number of H-pyrrole nitrogens is 1. The number of Topliss-reactive ketones (excluding diaryl/α,β-unsaturated/α-hetero) is 1. The van der Waals surface area contributed by atoms with Gasteiger partial charge in [0.05, 0.1) is 16.7 Å². The Morgan fingerprint density at radius 1 is 1.08 bits per heavy atom. The predicted molar refractivity (Wildman–Crippen MR) is 146 cm³/mol. The summed E-state index contributed by atoms with van der Waals surface area (Å²) in [6.45, 7) is 10.4. The number of ketones is 1. The number of carbonyl (C=O) groups excluding carboxylic acids is 2. The molecule has 0 spiro atoms. The van der Waals surface area contributed by atoms with Crippen LogP contribution in [0.15, 0.2) is 52.4 Å². The van der Waals surface area contributed by atoms with Crippen LogP contribution in [0.4, 0.5) is 0 Å². The predicted octanol–water partition coefficient (Wildman–Crippen LogP) is 5.35. The van der Waals surface area contributed by atoms with Crippen molar-refractivity contribution in [2.75, 3.05) is 5.75 Å². The van der Waals surface area contributed by atoms with Crippen molar-refractivity contribution in [1.29, 1.82) is 0 Å². The van der Waals surface area contributed by atoms with E-state index in [2.05, 4.69) is 24.1 Å². The standard InChI is InChI=1S/C28H32N4O3S/c1-16(2)12-13-32-27(35)21-11-10-19(26(34)29-17(3)4)14-23(21)31-28(32)36-15-24(33)25-18(5)30-22-9-7-6-8-20(22)25/h6-11,14,16-17,30H,12-13,15H2,1-5H3,(H,29,34). The van der Waals surface area contributed by atoms with Crippen molar-refractivity contribution in [3.05, 3.63) is 69.6 Å². The van der Waals surface area contributed by atoms with Gasteiger partial charge >= 0.3 is 0 Å². The van der Waals surface area contributed by atoms with Crippen LogP contribution in [0, 0.1) is 12.8 Å². The lowest BCUT2D eigenvalue weighted by Crippen LogP contribution is -2.30. The molecular formula is C28H32N4O3S. The molecule has 4 aromatic rings. The molecule has 0 aliphatic heterocycles. The van der Waals surface area contributed by atoms with Crippen molar-refractivity contribution >= 4 is 45.3 Å². The molecule has 0 saturated heterocycles. The molecule has 0 atom stereocenters. The van der Waals surface area contributed by atoms with E-state index < -0.39 is 0 Å². The highest BCUT2D eigenvalue weighted by Gasteiger charge is 2.19. The molecular weight excluding hydrogens is 472 g/mol. The average Bonchev–Trinajstić information content (AvgIpc) is 3.16. The van der Waals surface area contributed by atoms with E-state index in [9.17, 15) is 14.4 Å². The minimum atomic E-state index is -0.211. The summed E-state index contributed by atoms with van der Waals surface area (Å²) in [5.41, 5.74) is 3.16. The molecule has 2 aromatic heterocycles. The van der Waals surface area contributed by atoms with Gasteiger partial charge in [0.15, 0.2) is 10.9 Å². The van der Waals surface area contributed by atoms with Gasteiger partial charge in [0, 0.05) is 40.3 Å². The third-order valence-corrected chi connectivity index (χ3v) is 7.01. The summed E-state index contributed by atoms with van der Waals surface area (Å²) in [7, 11) is 0. The summed E-state index contributed by atoms with van der Waals surface area (Å²) in [6.07, 6.45) is 0.811. The number of aryl methyl sites for hydroxylation is 1. The molecule has 2 heterocycles. The van der Waals surface area contributed by atoms with Gasteiger partial charge in [-0.2, -0.15) is 0 Å². The van der Waals surface area contributed by atoms with Crippen molar-refractivity contribution in [2.24, 2.45) is 5.92 Å². The van der Waals surface area contributed by atoms with Crippen LogP contribution in [0.2, 0.25) is 0 Å². The number of hydrogen-bond acceptors (Lipinski definition) is 5. The van der Waals surface area contributed by atoms with Crippen LogP contribution < -0.4 is 10.9 Å². The summed E-state index contributed by atoms with van der Waals surface area (Å²) >= 11 is 1.26. The number of benzene rings is 2. The summed E-state index contributed by atoms with van der Waals surface area (Å²) in [5, 5.41) is 4.71. The zero-order valence-corrected chi connectivity index (χ0v) is 22.2. The minimum Gasteiger partial charge on any atom is -0.358 e. The van der Waals surface area contributed by atoms with Crippen LogP contribution in [-0.2, 0) is 6.54 Å². The molecule has 4 rings (SSSR count). The maximum Gasteiger partial charge on any atom is 0.262 e. The van der Waals surface area contributed by atoms with Crippen LogP contribution in [0.1, 0.15) is 60.5 Å². The molecule has 8 heteroatoms. The van der Waals surface area contributed by atoms with Crippen LogP contribution >= 0.6 is 11.8 Å². The number of rotatable bonds is 9. The van der Waals surface area contributed by atoms with Crippen molar-refractivity contribution in [1.82, 2.24) is 19.9 Å². The van der Waals surface area contributed by atoms with Gasteiger partial charge in [-0.1, -0.05) is 43.8 Å². The Hall–Kier alpha value is -3.39. The van der Waals surface area contributed by atoms with E-state index in [4.69, 9.17) is 4.98 Å². The highest BCUT2D eigenvalue weighted by Crippen LogP contribution is 2.26. The highest BCUT2D eigenvalue weighted by atomic mass is 32.2. The maximum atomic E-state index is 13.4. The van der Waals surface area contributed by atoms with E-state index in [0.717, 1.165) is 23.0 Å². The second kappa shape index (κ2) is 10.7. The first-order chi connectivity index (χ1) is 17.2. The van der Waals surface area contributed by atoms with Gasteiger partial charge in [0.1, 0.15) is 0 Å². The monoisotopic (exact) mass is 504 g/mol. The van der Waals surface area contributed by atoms with Gasteiger partial charge in [-0.15, -0.1) is 0 Å². The lowest BCUT2D eigenvalue weighted by atomic mass is 10.1. The number of para-hydroxylation sites is 1. The molecule has 2 aromatic carbocycles. The molecule has 1 amide bonds. The van der Waals surface area contributed by atoms with Gasteiger partial charge in [0.25, 0.3) is 11.5 Å². The van der Waals surface area contributed by atoms with Gasteiger partial charge in [-0.05, 0) is 57.4 Å². The lowest BCUT2D eigenvalue weighted by molar-refractivity contribution is 0.0942. The number of nitrogens with one attached hydrogen (secondary N) is 2. The summed E-state index contributed by atoms with van der Waals surface area (Å²) in [5.74, 6) is 0.320. The van der Waals surface area contributed by atoms with Gasteiger partial charge in [-0.3, -0.25) is 19.0 Å². The summed E-state index contributed by atoms with van der Waals surface area (Å²) in [6, 6.07) is 12.7. The minimum absolute atomic E-state index is 0.00436. The highest BCUT2D eigenvalue weighted by molar-refractivity contribution is 7.99. The zero-order valence-electron chi connectivity index (χ0n) is 21.3. The largest absolute Gasteiger partial charge is 0.358 e. The number of aromatic nitrogens is 3. The smallest absolute Gasteiger partial charge is 0.262 e. The van der Waals surface area contributed by atoms with Crippen molar-refractivity contribution in [2.45, 2.75) is 58.8 Å². The third kappa shape index (κ3) is 5.38. The number of thioether (sulfide) groups is 1. The SMILES string of the molecule is Cc1[nH]c2ccccc2c1C(=O)CSc1nc2cc(C(=O)NC(C)C)ccc2c(=O)n1CCC(C)C. The van der Waals surface area contributed by atoms with Crippen LogP contribution in [0.5, 0.6) is 0 Å². The molecule has 0 aliphatic rings. The summed E-state index contributed by atoms with van der Waals surface area (Å²) < 4.78 is 1.66. The summed E-state index contributed by atoms with van der Waals surface area (Å²) in [4.78, 5) is 47.3. The number of hydrogen-bond donors (Lipinski definition) is 2. The second-order valence-electron chi connectivity index (χ2n) is 9.78. The first-order valence-corrected chi connectivity index (χ1v) is 13.2. The number of aromatic amines is 1. The molecule has 0 fully saturated rings. The van der Waals surface area contributed by atoms with E-state index in [-0.39, 0.29) is 29.0 Å². The second-order valence-corrected chi connectivity index (χ2v) is 10.7. The third-order valence-electron chi connectivity index (χ3n) is 6.04. The first kappa shape index (κ1) is 25.7. The molecule has 7 nitrogen and oxygen atoms in total. The lowest BCUT2D eigenvalue weighted by Gasteiger charge is -2.15. The van der Waals surface area contributed by atoms with Crippen molar-refractivity contribution < 1.29 is 9.59 Å². The fraction of sp³-hybridized carbons (Fsp3) is 0.357. The maximum absolute atomic E-state index is 13.4. The average molecular weight is 505 g/mol. The van der Waals surface area contributed by atoms with Crippen molar-refractivity contribution in [3.63, 3.8) is 0 Å². The van der Waals surface area contributed by atoms with Crippen LogP contribution in [0.25, 0.3) is 21.8 Å². The van der Waals surface area contributed by atoms with Gasteiger partial charge in [-0.25, -0.2) is 4.98 Å². The van der Waals surface area contributed by atoms with E-state index in [1.165, 1.54) is 11.8 Å². The molecule has 2 N–H and O–H groups in total. The van der Waals surface area contributed by atoms with E-state index in [0.29, 0.717) is 39.6 Å². The Bertz CT molecular complexity index is 1500. The molecule has 188 valence electrons. The molecule has 0 radical (unpaired) electrons. The van der Waals surface area contributed by atoms with E-state index in [1.54, 1.807) is 22.8 Å². The van der Waals surface area contributed by atoms with Crippen LogP contribution in [0.3, 0.4) is 0 Å². The quantitative estimate of drug-likeness (QED) is 0.182. The Kier molecular flexibility index (Phi) is 7.64. The Morgan fingerprint density at radius 3 is 2.56 bits per heavy atom. The Labute approximate surface area is 214 Å². The topological polar surface area (TPSA) is 96.8 Å². The fourth-order valence-corrected chi connectivity index (χ4v) is 5.12. The Morgan fingerprint density at radius 2 is 1.83 bits per heavy atom. The number of nitrogens with zero attached hydrogens (tertiary/aromatic N) is 2. The first-order valence-electron chi connectivity index (χ1n) is 12.2. The number of carbonyl (C=O) groups is 2. The molecule has 0 bridgehead atoms. The molecule has 0 aliphatic carbocycles. The van der Waals surface area contributed by atoms with E-state index >= 15 is 0 Å². The fourth-order valence-electron chi connectivity index (χ4n) is 4.22. The van der Waals surface area contributed by atoms with Gasteiger partial charge < -0.3 is 10.3 Å². The molecule has 0 saturated carbocycles. The van der Waals surface area contributed by atoms with E-state index in [1.807, 2.05) is 45.0 Å². The number of fused-ring (bicyclic) bond motifs is 2. The Balaban J connectivity index is 1.70. The normalized spacial score (nSPS) is 11.6. The van der Waals surface area contributed by atoms with Crippen LogP contribution in [-0.4, -0.2) is 38.0 Å². The number of amides is 1. The van der Waals surface area contributed by atoms with Gasteiger partial charge in [0.2, 0.25) is 0 Å². The molecule has 0 unspecified atom stereocenters. The molecule has 36 heavy (non-hydrogen) atoms. The zero-order chi connectivity index (χ0) is 26.0. The van der Waals surface area contributed by atoms with Crippen molar-refractivity contribution in [3.8, 4) is 0 Å².